The molecule has 88 valence electrons. The van der Waals surface area contributed by atoms with Crippen LogP contribution in [0.5, 0.6) is 5.75 Å². The van der Waals surface area contributed by atoms with Crippen molar-refractivity contribution in [3.05, 3.63) is 53.6 Å². The van der Waals surface area contributed by atoms with E-state index in [0.717, 1.165) is 11.6 Å². The number of benzene rings is 2. The van der Waals surface area contributed by atoms with Gasteiger partial charge in [-0.1, -0.05) is 23.8 Å². The van der Waals surface area contributed by atoms with Crippen LogP contribution in [0.25, 0.3) is 11.1 Å². The smallest absolute Gasteiger partial charge is 0.166 e. The van der Waals surface area contributed by atoms with Gasteiger partial charge in [-0.05, 0) is 25.1 Å². The third-order valence-electron chi connectivity index (χ3n) is 2.60. The lowest BCUT2D eigenvalue weighted by molar-refractivity contribution is 0.416. The zero-order chi connectivity index (χ0) is 12.4. The Morgan fingerprint density at radius 1 is 1.00 bits per heavy atom. The molecule has 0 amide bonds. The topological polar surface area (TPSA) is 9.23 Å². The lowest BCUT2D eigenvalue weighted by Crippen LogP contribution is -1.93. The number of ether oxygens (including phenoxy) is 1. The molecular formula is C14H12F2O. The molecule has 0 bridgehead atoms. The standard InChI is InChI=1S/C14H12F2O/c1-9-6-7-13(17-2)11(8-9)10-4-3-5-12(15)14(10)16/h3-8H,1-2H3. The Morgan fingerprint density at radius 3 is 2.47 bits per heavy atom. The van der Waals surface area contributed by atoms with Gasteiger partial charge < -0.3 is 4.74 Å². The third kappa shape index (κ3) is 2.13. The van der Waals surface area contributed by atoms with Crippen LogP contribution in [-0.4, -0.2) is 7.11 Å². The van der Waals surface area contributed by atoms with Crippen molar-refractivity contribution in [1.82, 2.24) is 0 Å². The first-order valence-corrected chi connectivity index (χ1v) is 5.22. The van der Waals surface area contributed by atoms with E-state index in [1.165, 1.54) is 19.2 Å². The maximum atomic E-state index is 13.7. The number of halogens is 2. The van der Waals surface area contributed by atoms with Crippen molar-refractivity contribution in [2.45, 2.75) is 6.92 Å². The number of hydrogen-bond acceptors (Lipinski definition) is 1. The van der Waals surface area contributed by atoms with Gasteiger partial charge in [0, 0.05) is 11.1 Å². The summed E-state index contributed by atoms with van der Waals surface area (Å²) in [4.78, 5) is 0. The molecule has 0 unspecified atom stereocenters. The molecule has 0 saturated carbocycles. The zero-order valence-corrected chi connectivity index (χ0v) is 9.63. The highest BCUT2D eigenvalue weighted by Crippen LogP contribution is 2.33. The van der Waals surface area contributed by atoms with Gasteiger partial charge in [-0.15, -0.1) is 0 Å². The molecule has 0 fully saturated rings. The minimum atomic E-state index is -0.856. The van der Waals surface area contributed by atoms with E-state index in [-0.39, 0.29) is 5.56 Å². The average molecular weight is 234 g/mol. The van der Waals surface area contributed by atoms with E-state index in [1.807, 2.05) is 13.0 Å². The average Bonchev–Trinajstić information content (AvgIpc) is 2.33. The van der Waals surface area contributed by atoms with Crippen LogP contribution in [-0.2, 0) is 0 Å². The highest BCUT2D eigenvalue weighted by molar-refractivity contribution is 5.71. The van der Waals surface area contributed by atoms with E-state index in [9.17, 15) is 8.78 Å². The fourth-order valence-electron chi connectivity index (χ4n) is 1.74. The fourth-order valence-corrected chi connectivity index (χ4v) is 1.74. The van der Waals surface area contributed by atoms with Gasteiger partial charge in [-0.25, -0.2) is 8.78 Å². The van der Waals surface area contributed by atoms with Crippen LogP contribution in [0.15, 0.2) is 36.4 Å². The molecule has 0 heterocycles. The highest BCUT2D eigenvalue weighted by atomic mass is 19.2. The van der Waals surface area contributed by atoms with Crippen molar-refractivity contribution >= 4 is 0 Å². The molecule has 3 heteroatoms. The first kappa shape index (κ1) is 11.6. The van der Waals surface area contributed by atoms with E-state index in [0.29, 0.717) is 11.3 Å². The molecule has 0 N–H and O–H groups in total. The Kier molecular flexibility index (Phi) is 3.09. The Bertz CT molecular complexity index is 550. The van der Waals surface area contributed by atoms with Gasteiger partial charge in [0.15, 0.2) is 11.6 Å². The van der Waals surface area contributed by atoms with Crippen molar-refractivity contribution in [2.24, 2.45) is 0 Å². The molecule has 0 saturated heterocycles. The Hall–Kier alpha value is -1.90. The number of aryl methyl sites for hydroxylation is 1. The quantitative estimate of drug-likeness (QED) is 0.764. The summed E-state index contributed by atoms with van der Waals surface area (Å²) < 4.78 is 32.1. The van der Waals surface area contributed by atoms with E-state index in [4.69, 9.17) is 4.74 Å². The van der Waals surface area contributed by atoms with E-state index < -0.39 is 11.6 Å². The number of hydrogen-bond donors (Lipinski definition) is 0. The van der Waals surface area contributed by atoms with Crippen molar-refractivity contribution in [1.29, 1.82) is 0 Å². The molecule has 0 aromatic heterocycles. The summed E-state index contributed by atoms with van der Waals surface area (Å²) >= 11 is 0. The van der Waals surface area contributed by atoms with Crippen LogP contribution in [0, 0.1) is 18.6 Å². The van der Waals surface area contributed by atoms with Crippen LogP contribution in [0.4, 0.5) is 8.78 Å². The van der Waals surface area contributed by atoms with Crippen LogP contribution in [0.3, 0.4) is 0 Å². The van der Waals surface area contributed by atoms with Crippen molar-refractivity contribution < 1.29 is 13.5 Å². The lowest BCUT2D eigenvalue weighted by atomic mass is 10.0. The molecular weight excluding hydrogens is 222 g/mol. The van der Waals surface area contributed by atoms with E-state index in [2.05, 4.69) is 0 Å². The van der Waals surface area contributed by atoms with Crippen LogP contribution in [0.2, 0.25) is 0 Å². The third-order valence-corrected chi connectivity index (χ3v) is 2.60. The minimum Gasteiger partial charge on any atom is -0.496 e. The van der Waals surface area contributed by atoms with Gasteiger partial charge >= 0.3 is 0 Å². The summed E-state index contributed by atoms with van der Waals surface area (Å²) in [7, 11) is 1.51. The second kappa shape index (κ2) is 4.53. The van der Waals surface area contributed by atoms with Crippen molar-refractivity contribution in [3.8, 4) is 16.9 Å². The molecule has 0 aliphatic rings. The monoisotopic (exact) mass is 234 g/mol. The maximum Gasteiger partial charge on any atom is 0.166 e. The molecule has 0 spiro atoms. The molecule has 1 nitrogen and oxygen atoms in total. The predicted molar refractivity (Wildman–Crippen MR) is 63.1 cm³/mol. The summed E-state index contributed by atoms with van der Waals surface area (Å²) in [5.74, 6) is -1.18. The molecule has 0 aliphatic carbocycles. The first-order chi connectivity index (χ1) is 8.13. The molecule has 17 heavy (non-hydrogen) atoms. The van der Waals surface area contributed by atoms with Crippen molar-refractivity contribution in [3.63, 3.8) is 0 Å². The summed E-state index contributed by atoms with van der Waals surface area (Å²) in [6.07, 6.45) is 0. The highest BCUT2D eigenvalue weighted by Gasteiger charge is 2.13. The summed E-state index contributed by atoms with van der Waals surface area (Å²) in [6.45, 7) is 1.89. The Morgan fingerprint density at radius 2 is 1.76 bits per heavy atom. The van der Waals surface area contributed by atoms with Crippen LogP contribution in [0.1, 0.15) is 5.56 Å². The molecule has 0 radical (unpaired) electrons. The van der Waals surface area contributed by atoms with Gasteiger partial charge in [-0.3, -0.25) is 0 Å². The lowest BCUT2D eigenvalue weighted by Gasteiger charge is -2.10. The van der Waals surface area contributed by atoms with E-state index in [1.54, 1.807) is 12.1 Å². The molecule has 2 rings (SSSR count). The Labute approximate surface area is 98.7 Å². The number of rotatable bonds is 2. The minimum absolute atomic E-state index is 0.213. The maximum absolute atomic E-state index is 13.7. The van der Waals surface area contributed by atoms with Gasteiger partial charge in [0.25, 0.3) is 0 Å². The van der Waals surface area contributed by atoms with Crippen LogP contribution < -0.4 is 4.74 Å². The van der Waals surface area contributed by atoms with Gasteiger partial charge in [-0.2, -0.15) is 0 Å². The first-order valence-electron chi connectivity index (χ1n) is 5.22. The van der Waals surface area contributed by atoms with Gasteiger partial charge in [0.1, 0.15) is 5.75 Å². The largest absolute Gasteiger partial charge is 0.496 e. The van der Waals surface area contributed by atoms with Crippen molar-refractivity contribution in [2.75, 3.05) is 7.11 Å². The normalized spacial score (nSPS) is 10.4. The Balaban J connectivity index is 2.67. The van der Waals surface area contributed by atoms with Gasteiger partial charge in [0.05, 0.1) is 7.11 Å². The predicted octanol–water partition coefficient (Wildman–Crippen LogP) is 3.95. The SMILES string of the molecule is COc1ccc(C)cc1-c1cccc(F)c1F. The van der Waals surface area contributed by atoms with Gasteiger partial charge in [0.2, 0.25) is 0 Å². The molecule has 0 aliphatic heterocycles. The molecule has 2 aromatic rings. The second-order valence-corrected chi connectivity index (χ2v) is 3.81. The molecule has 0 atom stereocenters. The fraction of sp³-hybridized carbons (Fsp3) is 0.143. The second-order valence-electron chi connectivity index (χ2n) is 3.81. The zero-order valence-electron chi connectivity index (χ0n) is 9.63. The van der Waals surface area contributed by atoms with E-state index >= 15 is 0 Å². The van der Waals surface area contributed by atoms with Crippen LogP contribution >= 0.6 is 0 Å². The summed E-state index contributed by atoms with van der Waals surface area (Å²) in [6, 6.07) is 9.50. The molecule has 2 aromatic carbocycles. The summed E-state index contributed by atoms with van der Waals surface area (Å²) in [5.41, 5.74) is 1.74. The number of methoxy groups -OCH3 is 1. The summed E-state index contributed by atoms with van der Waals surface area (Å²) in [5, 5.41) is 0.